The van der Waals surface area contributed by atoms with Gasteiger partial charge in [-0.2, -0.15) is 0 Å². The number of carbonyl (C=O) groups is 3. The fourth-order valence-electron chi connectivity index (χ4n) is 3.86. The molecule has 1 N–H and O–H groups in total. The van der Waals surface area contributed by atoms with E-state index in [4.69, 9.17) is 23.7 Å². The fraction of sp³-hybridized carbons (Fsp3) is 0.609. The Labute approximate surface area is 188 Å². The summed E-state index contributed by atoms with van der Waals surface area (Å²) in [6.45, 7) is 11.2. The first kappa shape index (κ1) is 25.5. The number of esters is 2. The Morgan fingerprint density at radius 1 is 0.906 bits per heavy atom. The van der Waals surface area contributed by atoms with Crippen LogP contribution in [0.2, 0.25) is 0 Å². The lowest BCUT2D eigenvalue weighted by molar-refractivity contribution is -0.175. The van der Waals surface area contributed by atoms with Crippen LogP contribution in [0.5, 0.6) is 0 Å². The summed E-state index contributed by atoms with van der Waals surface area (Å²) >= 11 is 0. The highest BCUT2D eigenvalue weighted by Crippen LogP contribution is 2.47. The highest BCUT2D eigenvalue weighted by molar-refractivity contribution is 6.07. The quantitative estimate of drug-likeness (QED) is 0.290. The van der Waals surface area contributed by atoms with Gasteiger partial charge in [0.05, 0.1) is 37.9 Å². The summed E-state index contributed by atoms with van der Waals surface area (Å²) in [5.41, 5.74) is -0.625. The maximum atomic E-state index is 13.2. The number of ether oxygens (including phenoxy) is 5. The van der Waals surface area contributed by atoms with Gasteiger partial charge in [0, 0.05) is 17.9 Å². The molecule has 0 aromatic heterocycles. The molecule has 0 fully saturated rings. The van der Waals surface area contributed by atoms with Gasteiger partial charge in [-0.1, -0.05) is 0 Å². The second-order valence-electron chi connectivity index (χ2n) is 7.20. The minimum absolute atomic E-state index is 0.0430. The van der Waals surface area contributed by atoms with Crippen LogP contribution in [0, 0.1) is 11.3 Å². The minimum Gasteiger partial charge on any atom is -0.465 e. The fourth-order valence-corrected chi connectivity index (χ4v) is 3.86. The van der Waals surface area contributed by atoms with Gasteiger partial charge in [0.1, 0.15) is 6.10 Å². The van der Waals surface area contributed by atoms with Crippen LogP contribution in [0.1, 0.15) is 41.5 Å². The summed E-state index contributed by atoms with van der Waals surface area (Å²) in [5, 5.41) is 2.77. The molecule has 0 saturated carbocycles. The summed E-state index contributed by atoms with van der Waals surface area (Å²) in [7, 11) is 0. The maximum Gasteiger partial charge on any atom is 0.324 e. The Bertz CT molecular complexity index is 800. The van der Waals surface area contributed by atoms with Crippen LogP contribution in [0.25, 0.3) is 0 Å². The summed E-state index contributed by atoms with van der Waals surface area (Å²) in [5.74, 6) is -3.26. The van der Waals surface area contributed by atoms with E-state index in [9.17, 15) is 14.4 Å². The largest absolute Gasteiger partial charge is 0.465 e. The van der Waals surface area contributed by atoms with Gasteiger partial charge in [0.25, 0.3) is 5.95 Å². The van der Waals surface area contributed by atoms with Gasteiger partial charge < -0.3 is 29.0 Å². The number of nitrogens with one attached hydrogen (secondary N) is 1. The lowest BCUT2D eigenvalue weighted by Crippen LogP contribution is -2.49. The van der Waals surface area contributed by atoms with Crippen molar-refractivity contribution in [2.45, 2.75) is 47.6 Å². The smallest absolute Gasteiger partial charge is 0.324 e. The van der Waals surface area contributed by atoms with Crippen LogP contribution in [0.3, 0.4) is 0 Å². The molecule has 9 heteroatoms. The summed E-state index contributed by atoms with van der Waals surface area (Å²) in [4.78, 5) is 39.3. The second kappa shape index (κ2) is 11.2. The number of amides is 1. The predicted molar refractivity (Wildman–Crippen MR) is 115 cm³/mol. The molecule has 0 aromatic carbocycles. The van der Waals surface area contributed by atoms with Gasteiger partial charge in [-0.05, 0) is 53.7 Å². The van der Waals surface area contributed by atoms with Crippen molar-refractivity contribution in [3.05, 3.63) is 34.9 Å². The molecule has 0 saturated heterocycles. The maximum absolute atomic E-state index is 13.2. The average molecular weight is 452 g/mol. The molecule has 0 radical (unpaired) electrons. The van der Waals surface area contributed by atoms with E-state index in [1.54, 1.807) is 39.8 Å². The molecular formula is C23H33NO8. The number of allylic oxidation sites excluding steroid dienone is 1. The zero-order valence-corrected chi connectivity index (χ0v) is 19.6. The highest BCUT2D eigenvalue weighted by atomic mass is 16.7. The van der Waals surface area contributed by atoms with E-state index in [2.05, 4.69) is 5.32 Å². The van der Waals surface area contributed by atoms with E-state index in [1.165, 1.54) is 6.92 Å². The second-order valence-corrected chi connectivity index (χ2v) is 7.20. The van der Waals surface area contributed by atoms with E-state index in [1.807, 2.05) is 6.92 Å². The summed E-state index contributed by atoms with van der Waals surface area (Å²) < 4.78 is 27.8. The first-order chi connectivity index (χ1) is 15.3. The zero-order valence-electron chi connectivity index (χ0n) is 19.6. The van der Waals surface area contributed by atoms with Gasteiger partial charge >= 0.3 is 11.9 Å². The molecule has 2 unspecified atom stereocenters. The third kappa shape index (κ3) is 4.67. The van der Waals surface area contributed by atoms with E-state index in [0.29, 0.717) is 36.7 Å². The topological polar surface area (TPSA) is 109 Å². The predicted octanol–water partition coefficient (Wildman–Crippen LogP) is 2.38. The molecular weight excluding hydrogens is 418 g/mol. The number of carbonyl (C=O) groups excluding carboxylic acids is 3. The molecule has 0 bridgehead atoms. The molecule has 2 atom stereocenters. The third-order valence-electron chi connectivity index (χ3n) is 5.20. The number of hydrogen-bond donors (Lipinski definition) is 1. The Morgan fingerprint density at radius 3 is 1.91 bits per heavy atom. The summed E-state index contributed by atoms with van der Waals surface area (Å²) in [6.07, 6.45) is 2.86. The van der Waals surface area contributed by atoms with Crippen LogP contribution >= 0.6 is 0 Å². The molecule has 9 nitrogen and oxygen atoms in total. The van der Waals surface area contributed by atoms with Gasteiger partial charge in [-0.3, -0.25) is 14.4 Å². The Balaban J connectivity index is 2.76. The van der Waals surface area contributed by atoms with Crippen molar-refractivity contribution >= 4 is 17.8 Å². The lowest BCUT2D eigenvalue weighted by atomic mass is 9.70. The SMILES string of the molecule is CCOC(=O)C(C)(C(=O)OCC)C1C(=O)NC2=C1C(=C(OCC)OCC)C(OCC)C=C2. The molecule has 0 spiro atoms. The molecule has 1 amide bonds. The van der Waals surface area contributed by atoms with Crippen molar-refractivity contribution < 1.29 is 38.1 Å². The molecule has 1 aliphatic carbocycles. The van der Waals surface area contributed by atoms with E-state index in [-0.39, 0.29) is 19.2 Å². The molecule has 178 valence electrons. The first-order valence-corrected chi connectivity index (χ1v) is 11.0. The third-order valence-corrected chi connectivity index (χ3v) is 5.20. The van der Waals surface area contributed by atoms with Gasteiger partial charge in [0.15, 0.2) is 5.41 Å². The van der Waals surface area contributed by atoms with Gasteiger partial charge in [-0.25, -0.2) is 0 Å². The van der Waals surface area contributed by atoms with Crippen molar-refractivity contribution in [1.82, 2.24) is 5.32 Å². The molecule has 0 aromatic rings. The van der Waals surface area contributed by atoms with E-state index in [0.717, 1.165) is 0 Å². The van der Waals surface area contributed by atoms with Crippen molar-refractivity contribution in [3.8, 4) is 0 Å². The zero-order chi connectivity index (χ0) is 23.9. The molecule has 1 aliphatic heterocycles. The standard InChI is InChI=1S/C23H33NO8/c1-7-28-15-13-12-14-16(17(15)20(29-8-2)30-9-3)18(19(25)24-14)23(6,21(26)31-10-4)22(27)32-11-5/h12-13,15,18H,7-11H2,1-6H3,(H,24,25). The lowest BCUT2D eigenvalue weighted by Gasteiger charge is -2.33. The number of rotatable bonds is 11. The Kier molecular flexibility index (Phi) is 8.89. The van der Waals surface area contributed by atoms with Crippen LogP contribution in [0.4, 0.5) is 0 Å². The van der Waals surface area contributed by atoms with Crippen LogP contribution in [-0.2, 0) is 38.1 Å². The van der Waals surface area contributed by atoms with Crippen LogP contribution < -0.4 is 5.32 Å². The normalized spacial score (nSPS) is 19.9. The van der Waals surface area contributed by atoms with E-state index < -0.39 is 35.3 Å². The Hall–Kier alpha value is -2.81. The van der Waals surface area contributed by atoms with Gasteiger partial charge in [-0.15, -0.1) is 0 Å². The van der Waals surface area contributed by atoms with Gasteiger partial charge in [0.2, 0.25) is 5.91 Å². The minimum atomic E-state index is -1.93. The molecule has 2 rings (SSSR count). The average Bonchev–Trinajstić information content (AvgIpc) is 3.09. The molecule has 1 heterocycles. The van der Waals surface area contributed by atoms with Crippen molar-refractivity contribution in [2.24, 2.45) is 11.3 Å². The van der Waals surface area contributed by atoms with E-state index >= 15 is 0 Å². The van der Waals surface area contributed by atoms with Crippen molar-refractivity contribution in [3.63, 3.8) is 0 Å². The molecule has 2 aliphatic rings. The van der Waals surface area contributed by atoms with Crippen LogP contribution in [-0.4, -0.2) is 57.0 Å². The highest BCUT2D eigenvalue weighted by Gasteiger charge is 2.59. The Morgan fingerprint density at radius 2 is 1.44 bits per heavy atom. The van der Waals surface area contributed by atoms with Crippen molar-refractivity contribution in [2.75, 3.05) is 33.0 Å². The van der Waals surface area contributed by atoms with Crippen molar-refractivity contribution in [1.29, 1.82) is 0 Å². The number of hydrogen-bond acceptors (Lipinski definition) is 8. The first-order valence-electron chi connectivity index (χ1n) is 11.0. The summed E-state index contributed by atoms with van der Waals surface area (Å²) in [6, 6.07) is 0. The molecule has 32 heavy (non-hydrogen) atoms. The van der Waals surface area contributed by atoms with Crippen LogP contribution in [0.15, 0.2) is 34.9 Å². The monoisotopic (exact) mass is 451 g/mol.